The van der Waals surface area contributed by atoms with Gasteiger partial charge in [-0.1, -0.05) is 23.7 Å². The maximum atomic E-state index is 5.97. The second kappa shape index (κ2) is 7.58. The summed E-state index contributed by atoms with van der Waals surface area (Å²) in [7, 11) is 0. The minimum absolute atomic E-state index is 0.797. The highest BCUT2D eigenvalue weighted by atomic mass is 35.5. The lowest BCUT2D eigenvalue weighted by Crippen LogP contribution is -2.46. The summed E-state index contributed by atoms with van der Waals surface area (Å²) in [5.41, 5.74) is 1.32. The van der Waals surface area contributed by atoms with E-state index in [0.29, 0.717) is 0 Å². The lowest BCUT2D eigenvalue weighted by Gasteiger charge is -2.35. The summed E-state index contributed by atoms with van der Waals surface area (Å²) in [6.07, 6.45) is 4.39. The van der Waals surface area contributed by atoms with Crippen LogP contribution in [0.1, 0.15) is 18.4 Å². The summed E-state index contributed by atoms with van der Waals surface area (Å²) in [5, 5.41) is 0.797. The SMILES string of the molecule is Clc1ccc(CN2CCN(c3ccnc(N4CCCC4)n3)CC2)cc1. The smallest absolute Gasteiger partial charge is 0.227 e. The molecule has 2 aromatic rings. The van der Waals surface area contributed by atoms with Crippen LogP contribution in [0.3, 0.4) is 0 Å². The van der Waals surface area contributed by atoms with Crippen molar-refractivity contribution in [2.45, 2.75) is 19.4 Å². The van der Waals surface area contributed by atoms with E-state index in [9.17, 15) is 0 Å². The summed E-state index contributed by atoms with van der Waals surface area (Å²) < 4.78 is 0. The third-order valence-electron chi connectivity index (χ3n) is 5.03. The van der Waals surface area contributed by atoms with Gasteiger partial charge in [-0.25, -0.2) is 4.98 Å². The molecule has 25 heavy (non-hydrogen) atoms. The molecule has 2 aliphatic rings. The Balaban J connectivity index is 1.35. The van der Waals surface area contributed by atoms with E-state index in [1.54, 1.807) is 0 Å². The monoisotopic (exact) mass is 357 g/mol. The molecule has 6 heteroatoms. The molecule has 0 radical (unpaired) electrons. The molecule has 3 heterocycles. The summed E-state index contributed by atoms with van der Waals surface area (Å²) in [4.78, 5) is 16.4. The number of halogens is 1. The van der Waals surface area contributed by atoms with Gasteiger partial charge >= 0.3 is 0 Å². The number of nitrogens with zero attached hydrogens (tertiary/aromatic N) is 5. The first-order valence-corrected chi connectivity index (χ1v) is 9.45. The van der Waals surface area contributed by atoms with Gasteiger partial charge in [0.2, 0.25) is 5.95 Å². The Kier molecular flexibility index (Phi) is 5.04. The number of hydrogen-bond acceptors (Lipinski definition) is 5. The topological polar surface area (TPSA) is 35.5 Å². The molecule has 2 fully saturated rings. The summed E-state index contributed by atoms with van der Waals surface area (Å²) in [6, 6.07) is 10.2. The minimum Gasteiger partial charge on any atom is -0.354 e. The molecule has 132 valence electrons. The molecular formula is C19H24ClN5. The van der Waals surface area contributed by atoms with Crippen molar-refractivity contribution in [1.29, 1.82) is 0 Å². The van der Waals surface area contributed by atoms with E-state index >= 15 is 0 Å². The number of piperazine rings is 1. The standard InChI is InChI=1S/C19H24ClN5/c20-17-5-3-16(4-6-17)15-23-11-13-24(14-12-23)18-7-8-21-19(22-18)25-9-1-2-10-25/h3-8H,1-2,9-15H2. The molecule has 0 amide bonds. The number of aromatic nitrogens is 2. The van der Waals surface area contributed by atoms with Crippen LogP contribution in [0.4, 0.5) is 11.8 Å². The lowest BCUT2D eigenvalue weighted by atomic mass is 10.2. The van der Waals surface area contributed by atoms with Crippen LogP contribution in [-0.2, 0) is 6.54 Å². The van der Waals surface area contributed by atoms with Crippen molar-refractivity contribution >= 4 is 23.4 Å². The second-order valence-electron chi connectivity index (χ2n) is 6.80. The van der Waals surface area contributed by atoms with Crippen LogP contribution >= 0.6 is 11.6 Å². The Morgan fingerprint density at radius 1 is 0.840 bits per heavy atom. The van der Waals surface area contributed by atoms with Crippen LogP contribution < -0.4 is 9.80 Å². The van der Waals surface area contributed by atoms with Gasteiger partial charge in [-0.3, -0.25) is 4.90 Å². The molecule has 1 aromatic heterocycles. The molecular weight excluding hydrogens is 334 g/mol. The quantitative estimate of drug-likeness (QED) is 0.840. The van der Waals surface area contributed by atoms with Gasteiger partial charge in [0.15, 0.2) is 0 Å². The molecule has 5 nitrogen and oxygen atoms in total. The molecule has 0 atom stereocenters. The number of benzene rings is 1. The Bertz CT molecular complexity index is 691. The predicted molar refractivity (Wildman–Crippen MR) is 102 cm³/mol. The zero-order valence-corrected chi connectivity index (χ0v) is 15.2. The van der Waals surface area contributed by atoms with Crippen LogP contribution in [0.25, 0.3) is 0 Å². The van der Waals surface area contributed by atoms with E-state index < -0.39 is 0 Å². The molecule has 0 bridgehead atoms. The van der Waals surface area contributed by atoms with Crippen LogP contribution in [0.5, 0.6) is 0 Å². The lowest BCUT2D eigenvalue weighted by molar-refractivity contribution is 0.249. The van der Waals surface area contributed by atoms with Crippen molar-refractivity contribution in [3.05, 3.63) is 47.1 Å². The highest BCUT2D eigenvalue weighted by Gasteiger charge is 2.20. The summed E-state index contributed by atoms with van der Waals surface area (Å²) in [5.74, 6) is 1.95. The molecule has 0 unspecified atom stereocenters. The number of rotatable bonds is 4. The average Bonchev–Trinajstić information content (AvgIpc) is 3.19. The highest BCUT2D eigenvalue weighted by Crippen LogP contribution is 2.20. The van der Waals surface area contributed by atoms with E-state index in [1.807, 2.05) is 24.4 Å². The van der Waals surface area contributed by atoms with Gasteiger partial charge in [-0.15, -0.1) is 0 Å². The van der Waals surface area contributed by atoms with Crippen molar-refractivity contribution in [1.82, 2.24) is 14.9 Å². The average molecular weight is 358 g/mol. The minimum atomic E-state index is 0.797. The van der Waals surface area contributed by atoms with E-state index in [1.165, 1.54) is 18.4 Å². The Labute approximate surface area is 154 Å². The largest absolute Gasteiger partial charge is 0.354 e. The van der Waals surface area contributed by atoms with Crippen LogP contribution in [0.15, 0.2) is 36.5 Å². The fourth-order valence-corrected chi connectivity index (χ4v) is 3.69. The van der Waals surface area contributed by atoms with Gasteiger partial charge < -0.3 is 9.80 Å². The predicted octanol–water partition coefficient (Wildman–Crippen LogP) is 3.05. The number of hydrogen-bond donors (Lipinski definition) is 0. The van der Waals surface area contributed by atoms with Gasteiger partial charge in [-0.2, -0.15) is 4.98 Å². The second-order valence-corrected chi connectivity index (χ2v) is 7.24. The Hall–Kier alpha value is -1.85. The van der Waals surface area contributed by atoms with Gasteiger partial charge in [0.05, 0.1) is 0 Å². The van der Waals surface area contributed by atoms with Crippen LogP contribution in [-0.4, -0.2) is 54.1 Å². The fourth-order valence-electron chi connectivity index (χ4n) is 3.57. The molecule has 0 N–H and O–H groups in total. The Morgan fingerprint density at radius 2 is 1.56 bits per heavy atom. The molecule has 4 rings (SSSR count). The molecule has 0 saturated carbocycles. The van der Waals surface area contributed by atoms with Crippen molar-refractivity contribution in [3.63, 3.8) is 0 Å². The van der Waals surface area contributed by atoms with Crippen molar-refractivity contribution in [2.75, 3.05) is 49.1 Å². The first-order chi connectivity index (χ1) is 12.3. The molecule has 1 aromatic carbocycles. The van der Waals surface area contributed by atoms with E-state index in [0.717, 1.165) is 62.6 Å². The van der Waals surface area contributed by atoms with Crippen molar-refractivity contribution in [2.24, 2.45) is 0 Å². The third kappa shape index (κ3) is 4.05. The third-order valence-corrected chi connectivity index (χ3v) is 5.28. The van der Waals surface area contributed by atoms with E-state index in [-0.39, 0.29) is 0 Å². The zero-order chi connectivity index (χ0) is 17.1. The fraction of sp³-hybridized carbons (Fsp3) is 0.474. The van der Waals surface area contributed by atoms with E-state index in [4.69, 9.17) is 16.6 Å². The maximum Gasteiger partial charge on any atom is 0.227 e. The van der Waals surface area contributed by atoms with E-state index in [2.05, 4.69) is 31.8 Å². The van der Waals surface area contributed by atoms with Gasteiger partial charge in [0.25, 0.3) is 0 Å². The molecule has 0 spiro atoms. The number of anilines is 2. The van der Waals surface area contributed by atoms with Crippen molar-refractivity contribution < 1.29 is 0 Å². The van der Waals surface area contributed by atoms with Gasteiger partial charge in [0, 0.05) is 57.0 Å². The maximum absolute atomic E-state index is 5.97. The van der Waals surface area contributed by atoms with Crippen molar-refractivity contribution in [3.8, 4) is 0 Å². The normalized spacial score (nSPS) is 18.8. The first-order valence-electron chi connectivity index (χ1n) is 9.08. The molecule has 2 aliphatic heterocycles. The zero-order valence-electron chi connectivity index (χ0n) is 14.4. The molecule has 2 saturated heterocycles. The summed E-state index contributed by atoms with van der Waals surface area (Å²) in [6.45, 7) is 7.25. The first kappa shape index (κ1) is 16.6. The van der Waals surface area contributed by atoms with Gasteiger partial charge in [-0.05, 0) is 36.6 Å². The van der Waals surface area contributed by atoms with Crippen LogP contribution in [0, 0.1) is 0 Å². The van der Waals surface area contributed by atoms with Crippen LogP contribution in [0.2, 0.25) is 5.02 Å². The Morgan fingerprint density at radius 3 is 2.28 bits per heavy atom. The summed E-state index contributed by atoms with van der Waals surface area (Å²) >= 11 is 5.97. The van der Waals surface area contributed by atoms with Gasteiger partial charge in [0.1, 0.15) is 5.82 Å². The highest BCUT2D eigenvalue weighted by molar-refractivity contribution is 6.30. The molecule has 0 aliphatic carbocycles.